The average Bonchev–Trinajstić information content (AvgIpc) is 3.05. The van der Waals surface area contributed by atoms with Gasteiger partial charge in [-0.05, 0) is 43.2 Å². The number of para-hydroxylation sites is 1. The number of hydrogen-bond acceptors (Lipinski definition) is 2. The molecule has 0 saturated carbocycles. The van der Waals surface area contributed by atoms with Crippen LogP contribution in [0.1, 0.15) is 25.0 Å². The molecule has 4 heteroatoms. The lowest BCUT2D eigenvalue weighted by Gasteiger charge is -2.09. The van der Waals surface area contributed by atoms with Gasteiger partial charge in [-0.25, -0.2) is 0 Å². The number of aryl methyl sites for hydroxylation is 1. The van der Waals surface area contributed by atoms with E-state index in [2.05, 4.69) is 33.6 Å². The van der Waals surface area contributed by atoms with Gasteiger partial charge in [-0.1, -0.05) is 29.8 Å². The van der Waals surface area contributed by atoms with Crippen molar-refractivity contribution in [1.82, 2.24) is 9.55 Å². The van der Waals surface area contributed by atoms with Crippen LogP contribution in [-0.4, -0.2) is 15.5 Å². The van der Waals surface area contributed by atoms with Gasteiger partial charge in [-0.2, -0.15) is 0 Å². The highest BCUT2D eigenvalue weighted by Gasteiger charge is 2.08. The molecule has 2 heterocycles. The van der Waals surface area contributed by atoms with Gasteiger partial charge in [0.2, 0.25) is 5.91 Å². The second-order valence-corrected chi connectivity index (χ2v) is 6.27. The number of aromatic nitrogens is 2. The molecule has 1 amide bonds. The first kappa shape index (κ1) is 17.7. The summed E-state index contributed by atoms with van der Waals surface area (Å²) < 4.78 is 2.06. The molecule has 2 aromatic heterocycles. The van der Waals surface area contributed by atoms with E-state index in [1.165, 1.54) is 5.57 Å². The SMILES string of the molecule is C=CC/C(=C\c1cccn1C)CCC(=O)Nc1cccc2cccnc12. The number of hydrogen-bond donors (Lipinski definition) is 1. The van der Waals surface area contributed by atoms with Crippen molar-refractivity contribution in [3.63, 3.8) is 0 Å². The lowest BCUT2D eigenvalue weighted by molar-refractivity contribution is -0.116. The summed E-state index contributed by atoms with van der Waals surface area (Å²) >= 11 is 0. The fraction of sp³-hybridized carbons (Fsp3) is 0.182. The van der Waals surface area contributed by atoms with Crippen LogP contribution in [0, 0.1) is 0 Å². The predicted octanol–water partition coefficient (Wildman–Crippen LogP) is 4.95. The summed E-state index contributed by atoms with van der Waals surface area (Å²) in [6.45, 7) is 3.82. The van der Waals surface area contributed by atoms with Crippen LogP contribution in [0.15, 0.2) is 73.1 Å². The molecule has 3 aromatic rings. The van der Waals surface area contributed by atoms with E-state index in [9.17, 15) is 4.79 Å². The Morgan fingerprint density at radius 3 is 2.81 bits per heavy atom. The number of nitrogens with zero attached hydrogens (tertiary/aromatic N) is 2. The van der Waals surface area contributed by atoms with E-state index in [1.807, 2.05) is 55.7 Å². The number of nitrogens with one attached hydrogen (secondary N) is 1. The Hall–Kier alpha value is -3.14. The van der Waals surface area contributed by atoms with Crippen molar-refractivity contribution in [1.29, 1.82) is 0 Å². The third-order valence-electron chi connectivity index (χ3n) is 4.32. The van der Waals surface area contributed by atoms with Crippen LogP contribution >= 0.6 is 0 Å². The molecule has 4 nitrogen and oxygen atoms in total. The van der Waals surface area contributed by atoms with Gasteiger partial charge in [-0.15, -0.1) is 6.58 Å². The minimum Gasteiger partial charge on any atom is -0.351 e. The quantitative estimate of drug-likeness (QED) is 0.616. The maximum Gasteiger partial charge on any atom is 0.224 e. The Bertz CT molecular complexity index is 947. The number of carbonyl (C=O) groups excluding carboxylic acids is 1. The van der Waals surface area contributed by atoms with Gasteiger partial charge in [0.25, 0.3) is 0 Å². The molecule has 3 rings (SSSR count). The topological polar surface area (TPSA) is 46.9 Å². The third kappa shape index (κ3) is 4.28. The average molecular weight is 345 g/mol. The van der Waals surface area contributed by atoms with Crippen molar-refractivity contribution < 1.29 is 4.79 Å². The third-order valence-corrected chi connectivity index (χ3v) is 4.32. The number of allylic oxidation sites excluding steroid dienone is 2. The fourth-order valence-corrected chi connectivity index (χ4v) is 2.94. The maximum atomic E-state index is 12.4. The molecular weight excluding hydrogens is 322 g/mol. The first-order valence-electron chi connectivity index (χ1n) is 8.72. The van der Waals surface area contributed by atoms with E-state index >= 15 is 0 Å². The summed E-state index contributed by atoms with van der Waals surface area (Å²) in [5.41, 5.74) is 3.88. The Balaban J connectivity index is 1.68. The minimum absolute atomic E-state index is 0.00926. The van der Waals surface area contributed by atoms with Gasteiger partial charge in [0.1, 0.15) is 0 Å². The molecule has 0 aliphatic heterocycles. The monoisotopic (exact) mass is 345 g/mol. The van der Waals surface area contributed by atoms with Crippen LogP contribution in [-0.2, 0) is 11.8 Å². The Labute approximate surface area is 153 Å². The standard InChI is InChI=1S/C22H23N3O/c1-3-7-17(16-19-10-6-15-25(19)2)12-13-21(26)24-20-11-4-8-18-9-5-14-23-22(18)20/h3-6,8-11,14-16H,1,7,12-13H2,2H3,(H,24,26)/b17-16+. The van der Waals surface area contributed by atoms with Crippen LogP contribution in [0.2, 0.25) is 0 Å². The van der Waals surface area contributed by atoms with E-state index in [-0.39, 0.29) is 5.91 Å². The zero-order chi connectivity index (χ0) is 18.4. The highest BCUT2D eigenvalue weighted by atomic mass is 16.1. The summed E-state index contributed by atoms with van der Waals surface area (Å²) in [5.74, 6) is -0.00926. The van der Waals surface area contributed by atoms with Crippen molar-refractivity contribution in [2.45, 2.75) is 19.3 Å². The number of benzene rings is 1. The van der Waals surface area contributed by atoms with Crippen molar-refractivity contribution in [2.24, 2.45) is 7.05 Å². The van der Waals surface area contributed by atoms with E-state index in [1.54, 1.807) is 6.20 Å². The predicted molar refractivity (Wildman–Crippen MR) is 108 cm³/mol. The van der Waals surface area contributed by atoms with E-state index < -0.39 is 0 Å². The van der Waals surface area contributed by atoms with E-state index in [4.69, 9.17) is 0 Å². The summed E-state index contributed by atoms with van der Waals surface area (Å²) in [6, 6.07) is 13.8. The second kappa shape index (κ2) is 8.30. The molecule has 0 saturated heterocycles. The minimum atomic E-state index is -0.00926. The molecule has 0 radical (unpaired) electrons. The Morgan fingerprint density at radius 2 is 2.04 bits per heavy atom. The van der Waals surface area contributed by atoms with Crippen molar-refractivity contribution >= 4 is 28.6 Å². The highest BCUT2D eigenvalue weighted by Crippen LogP contribution is 2.22. The zero-order valence-electron chi connectivity index (χ0n) is 15.0. The molecule has 0 fully saturated rings. The second-order valence-electron chi connectivity index (χ2n) is 6.27. The van der Waals surface area contributed by atoms with Crippen molar-refractivity contribution in [3.05, 3.63) is 78.8 Å². The summed E-state index contributed by atoms with van der Waals surface area (Å²) in [5, 5.41) is 4.01. The van der Waals surface area contributed by atoms with Crippen LogP contribution in [0.3, 0.4) is 0 Å². The molecular formula is C22H23N3O. The first-order valence-corrected chi connectivity index (χ1v) is 8.72. The summed E-state index contributed by atoms with van der Waals surface area (Å²) in [6.07, 6.45) is 9.65. The fourth-order valence-electron chi connectivity index (χ4n) is 2.94. The smallest absolute Gasteiger partial charge is 0.224 e. The zero-order valence-corrected chi connectivity index (χ0v) is 15.0. The van der Waals surface area contributed by atoms with Crippen LogP contribution in [0.5, 0.6) is 0 Å². The van der Waals surface area contributed by atoms with Gasteiger partial charge in [-0.3, -0.25) is 9.78 Å². The normalized spacial score (nSPS) is 11.5. The number of anilines is 1. The molecule has 0 atom stereocenters. The largest absolute Gasteiger partial charge is 0.351 e. The molecule has 1 aromatic carbocycles. The molecule has 0 aliphatic rings. The Morgan fingerprint density at radius 1 is 1.19 bits per heavy atom. The molecule has 0 unspecified atom stereocenters. The van der Waals surface area contributed by atoms with Gasteiger partial charge in [0, 0.05) is 36.9 Å². The number of pyridine rings is 1. The van der Waals surface area contributed by atoms with Crippen molar-refractivity contribution in [3.8, 4) is 0 Å². The van der Waals surface area contributed by atoms with Gasteiger partial charge in [0.15, 0.2) is 0 Å². The number of rotatable bonds is 7. The number of fused-ring (bicyclic) bond motifs is 1. The van der Waals surface area contributed by atoms with Crippen LogP contribution in [0.4, 0.5) is 5.69 Å². The molecule has 26 heavy (non-hydrogen) atoms. The molecule has 0 spiro atoms. The summed E-state index contributed by atoms with van der Waals surface area (Å²) in [7, 11) is 2.01. The molecule has 1 N–H and O–H groups in total. The molecule has 0 aliphatic carbocycles. The van der Waals surface area contributed by atoms with Gasteiger partial charge in [0.05, 0.1) is 11.2 Å². The van der Waals surface area contributed by atoms with Gasteiger partial charge >= 0.3 is 0 Å². The lowest BCUT2D eigenvalue weighted by Crippen LogP contribution is -2.12. The molecule has 0 bridgehead atoms. The van der Waals surface area contributed by atoms with Gasteiger partial charge < -0.3 is 9.88 Å². The molecule has 132 valence electrons. The van der Waals surface area contributed by atoms with Crippen LogP contribution in [0.25, 0.3) is 17.0 Å². The van der Waals surface area contributed by atoms with E-state index in [0.29, 0.717) is 12.8 Å². The van der Waals surface area contributed by atoms with Crippen molar-refractivity contribution in [2.75, 3.05) is 5.32 Å². The summed E-state index contributed by atoms with van der Waals surface area (Å²) in [4.78, 5) is 16.8. The van der Waals surface area contributed by atoms with E-state index in [0.717, 1.165) is 28.7 Å². The Kier molecular flexibility index (Phi) is 5.64. The maximum absolute atomic E-state index is 12.4. The lowest BCUT2D eigenvalue weighted by atomic mass is 10.0. The first-order chi connectivity index (χ1) is 12.7. The van der Waals surface area contributed by atoms with Crippen LogP contribution < -0.4 is 5.32 Å². The number of carbonyl (C=O) groups is 1. The number of amides is 1. The highest BCUT2D eigenvalue weighted by molar-refractivity contribution is 6.00.